The average Bonchev–Trinajstić information content (AvgIpc) is 2.62. The predicted octanol–water partition coefficient (Wildman–Crippen LogP) is 6.77. The first-order valence-corrected chi connectivity index (χ1v) is 13.2. The van der Waals surface area contributed by atoms with Gasteiger partial charge in [-0.15, -0.1) is 0 Å². The summed E-state index contributed by atoms with van der Waals surface area (Å²) in [7, 11) is -2.48. The summed E-state index contributed by atoms with van der Waals surface area (Å²) in [6, 6.07) is 0. The van der Waals surface area contributed by atoms with E-state index in [0.717, 1.165) is 12.8 Å². The molecule has 2 fully saturated rings. The third kappa shape index (κ3) is 4.54. The molecule has 30 heavy (non-hydrogen) atoms. The minimum Gasteiger partial charge on any atom is -0.442 e. The van der Waals surface area contributed by atoms with Crippen LogP contribution in [0.15, 0.2) is 0 Å². The SMILES string of the molecule is CC(C)(C)[Si](C)(C)O[C@]12CCCCC[C@@]1(C)C[C@H]2C(=O)OC(C(F)(F)F)C(F)(F)F. The number of hydrogen-bond acceptors (Lipinski definition) is 3. The maximum atomic E-state index is 12.9. The van der Waals surface area contributed by atoms with E-state index in [1.54, 1.807) is 0 Å². The fourth-order valence-corrected chi connectivity index (χ4v) is 6.30. The van der Waals surface area contributed by atoms with Crippen molar-refractivity contribution in [2.75, 3.05) is 0 Å². The zero-order chi connectivity index (χ0) is 23.4. The standard InChI is InChI=1S/C20H32F6O3Si/c1-16(2,3)30(5,6)29-18-11-9-7-8-10-17(18,4)12-13(18)14(27)28-15(19(21,22)23)20(24,25)26/h13,15H,7-12H2,1-6H3/t13-,17-,18-/m0/s1. The molecule has 2 aliphatic carbocycles. The van der Waals surface area contributed by atoms with E-state index in [1.165, 1.54) is 0 Å². The quantitative estimate of drug-likeness (QED) is 0.263. The molecule has 176 valence electrons. The number of ether oxygens (including phenoxy) is 1. The molecule has 0 spiro atoms. The number of carbonyl (C=O) groups excluding carboxylic acids is 1. The lowest BCUT2D eigenvalue weighted by Gasteiger charge is -2.64. The number of rotatable bonds is 4. The molecule has 0 aromatic carbocycles. The molecule has 3 atom stereocenters. The van der Waals surface area contributed by atoms with Crippen molar-refractivity contribution in [3.63, 3.8) is 0 Å². The van der Waals surface area contributed by atoms with Crippen molar-refractivity contribution in [3.05, 3.63) is 0 Å². The van der Waals surface area contributed by atoms with Crippen LogP contribution in [-0.2, 0) is 14.0 Å². The molecule has 0 bridgehead atoms. The Hall–Kier alpha value is -0.773. The molecule has 0 saturated heterocycles. The topological polar surface area (TPSA) is 35.5 Å². The Morgan fingerprint density at radius 2 is 1.47 bits per heavy atom. The van der Waals surface area contributed by atoms with E-state index in [-0.39, 0.29) is 11.5 Å². The zero-order valence-corrected chi connectivity index (χ0v) is 19.4. The summed E-state index contributed by atoms with van der Waals surface area (Å²) in [6.45, 7) is 11.9. The van der Waals surface area contributed by atoms with Crippen LogP contribution in [0.3, 0.4) is 0 Å². The van der Waals surface area contributed by atoms with Crippen LogP contribution in [0.1, 0.15) is 66.2 Å². The Bertz CT molecular complexity index is 640. The molecular weight excluding hydrogens is 430 g/mol. The second-order valence-electron chi connectivity index (χ2n) is 10.5. The van der Waals surface area contributed by atoms with Gasteiger partial charge in [0, 0.05) is 0 Å². The van der Waals surface area contributed by atoms with E-state index in [2.05, 4.69) is 4.74 Å². The number of carbonyl (C=O) groups is 1. The van der Waals surface area contributed by atoms with Crippen molar-refractivity contribution >= 4 is 14.3 Å². The van der Waals surface area contributed by atoms with Gasteiger partial charge < -0.3 is 9.16 Å². The summed E-state index contributed by atoms with van der Waals surface area (Å²) in [6.07, 6.45) is -11.8. The molecule has 3 nitrogen and oxygen atoms in total. The van der Waals surface area contributed by atoms with Crippen LogP contribution in [0.2, 0.25) is 18.1 Å². The highest BCUT2D eigenvalue weighted by Gasteiger charge is 2.69. The van der Waals surface area contributed by atoms with E-state index in [9.17, 15) is 31.1 Å². The Kier molecular flexibility index (Phi) is 6.52. The fourth-order valence-electron chi connectivity index (χ4n) is 4.59. The van der Waals surface area contributed by atoms with Crippen molar-refractivity contribution in [1.29, 1.82) is 0 Å². The normalized spacial score (nSPS) is 31.0. The van der Waals surface area contributed by atoms with Gasteiger partial charge in [0.2, 0.25) is 0 Å². The number of alkyl halides is 6. The summed E-state index contributed by atoms with van der Waals surface area (Å²) in [4.78, 5) is 12.7. The molecule has 2 rings (SSSR count). The summed E-state index contributed by atoms with van der Waals surface area (Å²) in [5.74, 6) is -2.60. The number of halogens is 6. The molecule has 0 N–H and O–H groups in total. The first-order valence-electron chi connectivity index (χ1n) is 10.3. The first-order chi connectivity index (χ1) is 13.3. The number of fused-ring (bicyclic) bond motifs is 1. The highest BCUT2D eigenvalue weighted by molar-refractivity contribution is 6.74. The van der Waals surface area contributed by atoms with Gasteiger partial charge in [0.25, 0.3) is 6.10 Å². The van der Waals surface area contributed by atoms with E-state index in [0.29, 0.717) is 19.3 Å². The summed E-state index contributed by atoms with van der Waals surface area (Å²) < 4.78 is 88.4. The van der Waals surface area contributed by atoms with Gasteiger partial charge >= 0.3 is 18.3 Å². The predicted molar refractivity (Wildman–Crippen MR) is 102 cm³/mol. The second-order valence-corrected chi connectivity index (χ2v) is 15.3. The zero-order valence-electron chi connectivity index (χ0n) is 18.4. The van der Waals surface area contributed by atoms with Gasteiger partial charge in [-0.05, 0) is 42.8 Å². The molecule has 2 aliphatic rings. The van der Waals surface area contributed by atoms with Crippen LogP contribution in [0.5, 0.6) is 0 Å². The minimum absolute atomic E-state index is 0.170. The van der Waals surface area contributed by atoms with E-state index in [4.69, 9.17) is 4.43 Å². The van der Waals surface area contributed by atoms with Gasteiger partial charge in [0.15, 0.2) is 8.32 Å². The highest BCUT2D eigenvalue weighted by atomic mass is 28.4. The molecule has 0 unspecified atom stereocenters. The molecule has 10 heteroatoms. The monoisotopic (exact) mass is 462 g/mol. The van der Waals surface area contributed by atoms with Crippen LogP contribution in [-0.4, -0.2) is 38.3 Å². The van der Waals surface area contributed by atoms with Crippen molar-refractivity contribution < 1.29 is 40.3 Å². The lowest BCUT2D eigenvalue weighted by molar-refractivity contribution is -0.319. The third-order valence-corrected chi connectivity index (χ3v) is 11.9. The van der Waals surface area contributed by atoms with Crippen LogP contribution >= 0.6 is 0 Å². The lowest BCUT2D eigenvalue weighted by Crippen LogP contribution is -2.70. The van der Waals surface area contributed by atoms with Crippen molar-refractivity contribution in [1.82, 2.24) is 0 Å². The first kappa shape index (κ1) is 25.5. The minimum atomic E-state index is -5.72. The molecule has 0 amide bonds. The largest absolute Gasteiger partial charge is 0.442 e. The Labute approximate surface area is 175 Å². The molecule has 0 aromatic rings. The second kappa shape index (κ2) is 7.67. The van der Waals surface area contributed by atoms with E-state index >= 15 is 0 Å². The molecule has 0 aromatic heterocycles. The lowest BCUT2D eigenvalue weighted by atomic mass is 9.49. The van der Waals surface area contributed by atoms with Crippen molar-refractivity contribution in [3.8, 4) is 0 Å². The average molecular weight is 463 g/mol. The van der Waals surface area contributed by atoms with Gasteiger partial charge in [0.05, 0.1) is 11.5 Å². The van der Waals surface area contributed by atoms with Gasteiger partial charge in [-0.3, -0.25) is 4.79 Å². The van der Waals surface area contributed by atoms with Crippen LogP contribution in [0, 0.1) is 11.3 Å². The van der Waals surface area contributed by atoms with Gasteiger partial charge in [-0.1, -0.05) is 47.0 Å². The van der Waals surface area contributed by atoms with Gasteiger partial charge in [-0.2, -0.15) is 26.3 Å². The van der Waals surface area contributed by atoms with Crippen LogP contribution in [0.4, 0.5) is 26.3 Å². The molecule has 2 saturated carbocycles. The molecule has 0 heterocycles. The van der Waals surface area contributed by atoms with Gasteiger partial charge in [0.1, 0.15) is 0 Å². The van der Waals surface area contributed by atoms with Crippen LogP contribution in [0.25, 0.3) is 0 Å². The Morgan fingerprint density at radius 1 is 0.967 bits per heavy atom. The van der Waals surface area contributed by atoms with Crippen molar-refractivity contribution in [2.24, 2.45) is 11.3 Å². The van der Waals surface area contributed by atoms with E-state index in [1.807, 2.05) is 40.8 Å². The van der Waals surface area contributed by atoms with Crippen LogP contribution < -0.4 is 0 Å². The summed E-state index contributed by atoms with van der Waals surface area (Å²) in [5, 5.41) is -0.237. The molecule has 0 radical (unpaired) electrons. The maximum absolute atomic E-state index is 12.9. The van der Waals surface area contributed by atoms with Gasteiger partial charge in [-0.25, -0.2) is 0 Å². The molecular formula is C20H32F6O3Si. The summed E-state index contributed by atoms with van der Waals surface area (Å²) in [5.41, 5.74) is -1.57. The smallest absolute Gasteiger partial charge is 0.434 e. The van der Waals surface area contributed by atoms with E-state index < -0.39 is 49.7 Å². The summed E-state index contributed by atoms with van der Waals surface area (Å²) >= 11 is 0. The Morgan fingerprint density at radius 3 is 1.93 bits per heavy atom. The highest BCUT2D eigenvalue weighted by Crippen LogP contribution is 2.65. The number of hydrogen-bond donors (Lipinski definition) is 0. The maximum Gasteiger partial charge on any atom is 0.434 e. The number of esters is 1. The third-order valence-electron chi connectivity index (χ3n) is 7.37. The molecule has 0 aliphatic heterocycles. The Balaban J connectivity index is 2.40. The van der Waals surface area contributed by atoms with Crippen molar-refractivity contribution in [2.45, 2.75) is 108 Å². The fraction of sp³-hybridized carbons (Fsp3) is 0.950.